The van der Waals surface area contributed by atoms with Crippen molar-refractivity contribution in [2.45, 2.75) is 32.7 Å². The van der Waals surface area contributed by atoms with Crippen molar-refractivity contribution in [2.75, 3.05) is 26.1 Å². The van der Waals surface area contributed by atoms with Crippen LogP contribution in [0.15, 0.2) is 41.4 Å². The molecular formula is C22H27N3O3. The van der Waals surface area contributed by atoms with E-state index >= 15 is 0 Å². The summed E-state index contributed by atoms with van der Waals surface area (Å²) in [6.07, 6.45) is 0.672. The van der Waals surface area contributed by atoms with E-state index in [0.29, 0.717) is 17.9 Å². The van der Waals surface area contributed by atoms with Gasteiger partial charge in [-0.1, -0.05) is 26.0 Å². The third-order valence-electron chi connectivity index (χ3n) is 4.87. The maximum Gasteiger partial charge on any atom is 0.237 e. The van der Waals surface area contributed by atoms with Crippen LogP contribution in [0.3, 0.4) is 0 Å². The van der Waals surface area contributed by atoms with Gasteiger partial charge in [-0.2, -0.15) is 0 Å². The third-order valence-corrected chi connectivity index (χ3v) is 4.87. The van der Waals surface area contributed by atoms with Crippen molar-refractivity contribution >= 4 is 23.0 Å². The zero-order valence-corrected chi connectivity index (χ0v) is 16.8. The number of carbonyl (C=O) groups is 1. The number of aliphatic imine (C=N–C) groups is 1. The van der Waals surface area contributed by atoms with Crippen LogP contribution in [0.5, 0.6) is 11.5 Å². The van der Waals surface area contributed by atoms with Gasteiger partial charge in [-0.15, -0.1) is 0 Å². The highest BCUT2D eigenvalue weighted by Gasteiger charge is 2.35. The zero-order chi connectivity index (χ0) is 20.1. The van der Waals surface area contributed by atoms with E-state index in [1.807, 2.05) is 25.1 Å². The lowest BCUT2D eigenvalue weighted by Gasteiger charge is -2.14. The first-order valence-electron chi connectivity index (χ1n) is 9.55. The summed E-state index contributed by atoms with van der Waals surface area (Å²) in [7, 11) is 3.17. The molecular weight excluding hydrogens is 354 g/mol. The van der Waals surface area contributed by atoms with Gasteiger partial charge in [-0.3, -0.25) is 9.79 Å². The summed E-state index contributed by atoms with van der Waals surface area (Å²) >= 11 is 0. The van der Waals surface area contributed by atoms with Gasteiger partial charge < -0.3 is 20.1 Å². The van der Waals surface area contributed by atoms with Crippen LogP contribution in [0.2, 0.25) is 0 Å². The summed E-state index contributed by atoms with van der Waals surface area (Å²) in [5.41, 5.74) is 4.49. The first-order valence-corrected chi connectivity index (χ1v) is 9.55. The van der Waals surface area contributed by atoms with Crippen molar-refractivity contribution in [3.63, 3.8) is 0 Å². The third kappa shape index (κ3) is 4.02. The summed E-state index contributed by atoms with van der Waals surface area (Å²) in [6, 6.07) is 11.8. The quantitative estimate of drug-likeness (QED) is 0.677. The normalized spacial score (nSPS) is 15.9. The Labute approximate surface area is 166 Å². The summed E-state index contributed by atoms with van der Waals surface area (Å²) in [6.45, 7) is 5.87. The maximum atomic E-state index is 12.7. The van der Waals surface area contributed by atoms with E-state index in [2.05, 4.69) is 29.7 Å². The van der Waals surface area contributed by atoms with Crippen LogP contribution in [0.25, 0.3) is 0 Å². The molecule has 3 rings (SSSR count). The lowest BCUT2D eigenvalue weighted by molar-refractivity contribution is -0.115. The molecule has 1 atom stereocenters. The number of anilines is 1. The summed E-state index contributed by atoms with van der Waals surface area (Å²) in [4.78, 5) is 17.5. The summed E-state index contributed by atoms with van der Waals surface area (Å²) in [5, 5.41) is 6.25. The van der Waals surface area contributed by atoms with E-state index in [1.165, 1.54) is 5.56 Å². The fraction of sp³-hybridized carbons (Fsp3) is 0.364. The molecule has 0 fully saturated rings. The minimum absolute atomic E-state index is 0.0744. The molecule has 0 bridgehead atoms. The first-order chi connectivity index (χ1) is 13.6. The topological polar surface area (TPSA) is 72.0 Å². The Morgan fingerprint density at radius 1 is 1.11 bits per heavy atom. The molecule has 0 aromatic heterocycles. The van der Waals surface area contributed by atoms with E-state index in [9.17, 15) is 4.79 Å². The number of nitrogens with zero attached hydrogens (tertiary/aromatic N) is 1. The monoisotopic (exact) mass is 381 g/mol. The highest BCUT2D eigenvalue weighted by Crippen LogP contribution is 2.42. The molecule has 2 aromatic rings. The predicted molar refractivity (Wildman–Crippen MR) is 112 cm³/mol. The second-order valence-electron chi connectivity index (χ2n) is 6.62. The number of nitrogens with one attached hydrogen (secondary N) is 2. The minimum Gasteiger partial charge on any atom is -0.493 e. The van der Waals surface area contributed by atoms with E-state index in [1.54, 1.807) is 20.3 Å². The predicted octanol–water partition coefficient (Wildman–Crippen LogP) is 4.03. The van der Waals surface area contributed by atoms with Crippen molar-refractivity contribution in [3.8, 4) is 11.5 Å². The largest absolute Gasteiger partial charge is 0.493 e. The van der Waals surface area contributed by atoms with Crippen molar-refractivity contribution in [2.24, 2.45) is 4.99 Å². The Morgan fingerprint density at radius 3 is 2.39 bits per heavy atom. The summed E-state index contributed by atoms with van der Waals surface area (Å²) < 4.78 is 10.8. The van der Waals surface area contributed by atoms with E-state index in [0.717, 1.165) is 35.7 Å². The van der Waals surface area contributed by atoms with Crippen molar-refractivity contribution in [3.05, 3.63) is 47.5 Å². The molecule has 6 nitrogen and oxygen atoms in total. The Bertz CT molecular complexity index is 875. The molecule has 0 radical (unpaired) electrons. The van der Waals surface area contributed by atoms with Gasteiger partial charge in [0.15, 0.2) is 11.5 Å². The van der Waals surface area contributed by atoms with E-state index < -0.39 is 5.92 Å². The van der Waals surface area contributed by atoms with Crippen LogP contribution >= 0.6 is 0 Å². The van der Waals surface area contributed by atoms with Crippen LogP contribution < -0.4 is 20.1 Å². The Kier molecular flexibility index (Phi) is 6.31. The molecule has 2 aromatic carbocycles. The second kappa shape index (κ2) is 8.89. The zero-order valence-electron chi connectivity index (χ0n) is 16.8. The fourth-order valence-corrected chi connectivity index (χ4v) is 3.39. The van der Waals surface area contributed by atoms with Crippen molar-refractivity contribution < 1.29 is 14.3 Å². The number of ether oxygens (including phenoxy) is 2. The van der Waals surface area contributed by atoms with Gasteiger partial charge in [0.05, 0.1) is 19.9 Å². The SMILES string of the molecule is CCNCc1ccc(N=C(CC)C2C(=O)Nc3cc(OC)c(OC)cc32)cc1. The molecule has 6 heteroatoms. The van der Waals surface area contributed by atoms with Gasteiger partial charge >= 0.3 is 0 Å². The van der Waals surface area contributed by atoms with Gasteiger partial charge in [0.1, 0.15) is 5.92 Å². The molecule has 0 spiro atoms. The molecule has 1 amide bonds. The van der Waals surface area contributed by atoms with Crippen LogP contribution in [0.4, 0.5) is 11.4 Å². The van der Waals surface area contributed by atoms with Crippen LogP contribution in [-0.4, -0.2) is 32.4 Å². The lowest BCUT2D eigenvalue weighted by atomic mass is 9.93. The molecule has 1 aliphatic rings. The van der Waals surface area contributed by atoms with E-state index in [4.69, 9.17) is 14.5 Å². The Hall–Kier alpha value is -2.86. The second-order valence-corrected chi connectivity index (χ2v) is 6.62. The van der Waals surface area contributed by atoms with Crippen molar-refractivity contribution in [1.82, 2.24) is 5.32 Å². The standard InChI is InChI=1S/C22H27N3O3/c1-5-17(24-15-9-7-14(8-10-15)13-23-6-2)21-16-11-19(27-3)20(28-4)12-18(16)25-22(21)26/h7-12,21,23H,5-6,13H2,1-4H3,(H,25,26). The minimum atomic E-state index is -0.429. The van der Waals surface area contributed by atoms with E-state index in [-0.39, 0.29) is 5.91 Å². The number of hydrogen-bond donors (Lipinski definition) is 2. The molecule has 28 heavy (non-hydrogen) atoms. The van der Waals surface area contributed by atoms with Gasteiger partial charge in [-0.25, -0.2) is 0 Å². The number of benzene rings is 2. The lowest BCUT2D eigenvalue weighted by Crippen LogP contribution is -2.20. The van der Waals surface area contributed by atoms with Crippen LogP contribution in [-0.2, 0) is 11.3 Å². The Balaban J connectivity index is 1.93. The number of hydrogen-bond acceptors (Lipinski definition) is 5. The molecule has 1 unspecified atom stereocenters. The molecule has 1 aliphatic heterocycles. The molecule has 2 N–H and O–H groups in total. The average Bonchev–Trinajstić information content (AvgIpc) is 3.04. The highest BCUT2D eigenvalue weighted by atomic mass is 16.5. The highest BCUT2D eigenvalue weighted by molar-refractivity contribution is 6.19. The Morgan fingerprint density at radius 2 is 1.79 bits per heavy atom. The number of carbonyl (C=O) groups excluding carboxylic acids is 1. The molecule has 1 heterocycles. The van der Waals surface area contributed by atoms with Gasteiger partial charge in [0.25, 0.3) is 0 Å². The molecule has 0 saturated carbocycles. The van der Waals surface area contributed by atoms with Gasteiger partial charge in [-0.05, 0) is 42.3 Å². The maximum absolute atomic E-state index is 12.7. The number of amides is 1. The first kappa shape index (κ1) is 19.9. The summed E-state index contributed by atoms with van der Waals surface area (Å²) in [5.74, 6) is 0.690. The molecule has 148 valence electrons. The molecule has 0 saturated heterocycles. The van der Waals surface area contributed by atoms with Gasteiger partial charge in [0.2, 0.25) is 5.91 Å². The van der Waals surface area contributed by atoms with Crippen LogP contribution in [0.1, 0.15) is 37.3 Å². The smallest absolute Gasteiger partial charge is 0.237 e. The number of methoxy groups -OCH3 is 2. The molecule has 0 aliphatic carbocycles. The van der Waals surface area contributed by atoms with Crippen molar-refractivity contribution in [1.29, 1.82) is 0 Å². The average molecular weight is 381 g/mol. The van der Waals surface area contributed by atoms with Gasteiger partial charge in [0, 0.05) is 24.0 Å². The fourth-order valence-electron chi connectivity index (χ4n) is 3.39. The van der Waals surface area contributed by atoms with Crippen LogP contribution in [0, 0.1) is 0 Å². The number of rotatable bonds is 8. The number of fused-ring (bicyclic) bond motifs is 1.